The quantitative estimate of drug-likeness (QED) is 0.681. The van der Waals surface area contributed by atoms with E-state index in [1.165, 1.54) is 18.2 Å². The lowest BCUT2D eigenvalue weighted by Gasteiger charge is -2.32. The number of halogens is 1. The van der Waals surface area contributed by atoms with Gasteiger partial charge in [0.05, 0.1) is 16.7 Å². The fraction of sp³-hybridized carbons (Fsp3) is 0.438. The molecule has 1 aromatic carbocycles. The highest BCUT2D eigenvalue weighted by Gasteiger charge is 2.53. The molecule has 1 aliphatic heterocycles. The molecule has 5 nitrogen and oxygen atoms in total. The minimum atomic E-state index is -0.649. The van der Waals surface area contributed by atoms with Gasteiger partial charge >= 0.3 is 7.12 Å². The first-order chi connectivity index (χ1) is 10.6. The largest absolute Gasteiger partial charge is 0.500 e. The third-order valence-corrected chi connectivity index (χ3v) is 4.67. The second kappa shape index (κ2) is 5.07. The molecule has 2 N–H and O–H groups in total. The van der Waals surface area contributed by atoms with Crippen LogP contribution < -0.4 is 11.2 Å². The maximum absolute atomic E-state index is 13.6. The van der Waals surface area contributed by atoms with Gasteiger partial charge in [0.15, 0.2) is 0 Å². The molecular weight excluding hydrogens is 298 g/mol. The van der Waals surface area contributed by atoms with E-state index in [0.29, 0.717) is 28.2 Å². The SMILES string of the molecule is Cc1onc(-c2cc(F)ccc2N)c1B1OC(C)(C)C(C)(C)O1. The molecule has 2 heterocycles. The number of aryl methyl sites for hydroxylation is 1. The molecule has 3 rings (SSSR count). The van der Waals surface area contributed by atoms with Crippen molar-refractivity contribution < 1.29 is 18.2 Å². The molecule has 1 fully saturated rings. The Kier molecular flexibility index (Phi) is 3.53. The molecule has 23 heavy (non-hydrogen) atoms. The smallest absolute Gasteiger partial charge is 0.399 e. The van der Waals surface area contributed by atoms with E-state index in [0.717, 1.165) is 0 Å². The number of nitrogens with zero attached hydrogens (tertiary/aromatic N) is 1. The highest BCUT2D eigenvalue weighted by Crippen LogP contribution is 2.38. The Morgan fingerprint density at radius 1 is 1.13 bits per heavy atom. The Hall–Kier alpha value is -1.86. The van der Waals surface area contributed by atoms with E-state index in [-0.39, 0.29) is 0 Å². The van der Waals surface area contributed by atoms with E-state index in [9.17, 15) is 4.39 Å². The van der Waals surface area contributed by atoms with Crippen molar-refractivity contribution >= 4 is 18.3 Å². The van der Waals surface area contributed by atoms with E-state index < -0.39 is 24.1 Å². The highest BCUT2D eigenvalue weighted by atomic mass is 19.1. The molecule has 1 aromatic heterocycles. The summed E-state index contributed by atoms with van der Waals surface area (Å²) in [7, 11) is -0.649. The molecule has 0 saturated carbocycles. The van der Waals surface area contributed by atoms with Gasteiger partial charge in [0, 0.05) is 11.3 Å². The molecule has 0 amide bonds. The Balaban J connectivity index is 2.09. The average molecular weight is 318 g/mol. The number of benzene rings is 1. The van der Waals surface area contributed by atoms with E-state index in [1.54, 1.807) is 6.92 Å². The maximum atomic E-state index is 13.6. The van der Waals surface area contributed by atoms with Crippen LogP contribution in [-0.4, -0.2) is 23.5 Å². The molecule has 0 atom stereocenters. The molecule has 122 valence electrons. The van der Waals surface area contributed by atoms with Crippen LogP contribution in [0.3, 0.4) is 0 Å². The molecule has 1 aliphatic rings. The predicted molar refractivity (Wildman–Crippen MR) is 86.8 cm³/mol. The van der Waals surface area contributed by atoms with E-state index in [1.807, 2.05) is 27.7 Å². The van der Waals surface area contributed by atoms with E-state index in [2.05, 4.69) is 5.16 Å². The van der Waals surface area contributed by atoms with Gasteiger partial charge in [0.1, 0.15) is 17.3 Å². The Bertz CT molecular complexity index is 742. The summed E-state index contributed by atoms with van der Waals surface area (Å²) in [5.74, 6) is 0.164. The number of nitrogen functional groups attached to an aromatic ring is 1. The third kappa shape index (κ3) is 2.54. The fourth-order valence-corrected chi connectivity index (χ4v) is 2.55. The molecule has 1 saturated heterocycles. The van der Waals surface area contributed by atoms with Crippen molar-refractivity contribution in [3.8, 4) is 11.3 Å². The average Bonchev–Trinajstić information content (AvgIpc) is 2.90. The van der Waals surface area contributed by atoms with Crippen molar-refractivity contribution in [2.24, 2.45) is 0 Å². The van der Waals surface area contributed by atoms with Crippen LogP contribution in [0.15, 0.2) is 22.7 Å². The summed E-state index contributed by atoms with van der Waals surface area (Å²) in [6, 6.07) is 4.14. The third-order valence-electron chi connectivity index (χ3n) is 4.67. The Morgan fingerprint density at radius 2 is 1.74 bits per heavy atom. The zero-order valence-electron chi connectivity index (χ0n) is 13.9. The van der Waals surface area contributed by atoms with Crippen LogP contribution in [-0.2, 0) is 9.31 Å². The lowest BCUT2D eigenvalue weighted by Crippen LogP contribution is -2.41. The maximum Gasteiger partial charge on any atom is 0.500 e. The van der Waals surface area contributed by atoms with Crippen molar-refractivity contribution in [3.05, 3.63) is 29.8 Å². The standard InChI is InChI=1S/C16H20BFN2O3/c1-9-13(17-22-15(2,3)16(4,5)23-17)14(20-21-9)11-8-10(18)6-7-12(11)19/h6-8H,19H2,1-5H3. The summed E-state index contributed by atoms with van der Waals surface area (Å²) in [4.78, 5) is 0. The normalized spacial score (nSPS) is 19.3. The molecule has 7 heteroatoms. The van der Waals surface area contributed by atoms with Gasteiger partial charge in [0.2, 0.25) is 0 Å². The highest BCUT2D eigenvalue weighted by molar-refractivity contribution is 6.64. The van der Waals surface area contributed by atoms with Crippen molar-refractivity contribution in [3.63, 3.8) is 0 Å². The number of rotatable bonds is 2. The molecule has 0 unspecified atom stereocenters. The molecule has 0 spiro atoms. The van der Waals surface area contributed by atoms with Crippen molar-refractivity contribution in [1.29, 1.82) is 0 Å². The Labute approximate surface area is 135 Å². The fourth-order valence-electron chi connectivity index (χ4n) is 2.55. The topological polar surface area (TPSA) is 70.5 Å². The van der Waals surface area contributed by atoms with Gasteiger partial charge in [-0.05, 0) is 52.8 Å². The molecular formula is C16H20BFN2O3. The summed E-state index contributed by atoms with van der Waals surface area (Å²) in [6.45, 7) is 9.63. The second-order valence-electron chi connectivity index (χ2n) is 6.82. The summed E-state index contributed by atoms with van der Waals surface area (Å²) in [6.07, 6.45) is 0. The van der Waals surface area contributed by atoms with Gasteiger partial charge in [0.25, 0.3) is 0 Å². The van der Waals surface area contributed by atoms with Crippen LogP contribution in [0.2, 0.25) is 0 Å². The number of hydrogen-bond acceptors (Lipinski definition) is 5. The van der Waals surface area contributed by atoms with Crippen LogP contribution in [0.25, 0.3) is 11.3 Å². The first kappa shape index (κ1) is 16.0. The first-order valence-corrected chi connectivity index (χ1v) is 7.49. The minimum absolute atomic E-state index is 0.394. The lowest BCUT2D eigenvalue weighted by atomic mass is 9.76. The van der Waals surface area contributed by atoms with E-state index >= 15 is 0 Å². The number of anilines is 1. The zero-order valence-corrected chi connectivity index (χ0v) is 13.9. The van der Waals surface area contributed by atoms with Gasteiger partial charge < -0.3 is 19.6 Å². The molecule has 2 aromatic rings. The molecule has 0 aliphatic carbocycles. The first-order valence-electron chi connectivity index (χ1n) is 7.49. The second-order valence-corrected chi connectivity index (χ2v) is 6.82. The monoisotopic (exact) mass is 318 g/mol. The Morgan fingerprint density at radius 3 is 2.35 bits per heavy atom. The van der Waals surface area contributed by atoms with Crippen molar-refractivity contribution in [2.75, 3.05) is 5.73 Å². The number of hydrogen-bond donors (Lipinski definition) is 1. The minimum Gasteiger partial charge on any atom is -0.399 e. The summed E-state index contributed by atoms with van der Waals surface area (Å²) in [5.41, 5.74) is 6.95. The zero-order chi connectivity index (χ0) is 17.0. The number of nitrogens with two attached hydrogens (primary N) is 1. The van der Waals surface area contributed by atoms with Crippen LogP contribution in [0.1, 0.15) is 33.5 Å². The van der Waals surface area contributed by atoms with Crippen LogP contribution in [0, 0.1) is 12.7 Å². The summed E-state index contributed by atoms with van der Waals surface area (Å²) in [5, 5.41) is 4.05. The summed E-state index contributed by atoms with van der Waals surface area (Å²) < 4.78 is 31.1. The van der Waals surface area contributed by atoms with Crippen molar-refractivity contribution in [1.82, 2.24) is 5.16 Å². The predicted octanol–water partition coefficient (Wildman–Crippen LogP) is 2.67. The molecule has 0 radical (unpaired) electrons. The summed E-state index contributed by atoms with van der Waals surface area (Å²) >= 11 is 0. The lowest BCUT2D eigenvalue weighted by molar-refractivity contribution is 0.00578. The molecule has 0 bridgehead atoms. The van der Waals surface area contributed by atoms with Crippen molar-refractivity contribution in [2.45, 2.75) is 45.8 Å². The van der Waals surface area contributed by atoms with Crippen LogP contribution in [0.5, 0.6) is 0 Å². The van der Waals surface area contributed by atoms with Crippen LogP contribution in [0.4, 0.5) is 10.1 Å². The van der Waals surface area contributed by atoms with E-state index in [4.69, 9.17) is 19.6 Å². The van der Waals surface area contributed by atoms with Gasteiger partial charge in [-0.3, -0.25) is 0 Å². The number of aromatic nitrogens is 1. The van der Waals surface area contributed by atoms with Gasteiger partial charge in [-0.2, -0.15) is 0 Å². The van der Waals surface area contributed by atoms with Gasteiger partial charge in [-0.15, -0.1) is 0 Å². The van der Waals surface area contributed by atoms with Gasteiger partial charge in [-0.25, -0.2) is 4.39 Å². The van der Waals surface area contributed by atoms with Crippen LogP contribution >= 0.6 is 0 Å². The van der Waals surface area contributed by atoms with Gasteiger partial charge in [-0.1, -0.05) is 5.16 Å².